The molecule has 1 unspecified atom stereocenters. The van der Waals surface area contributed by atoms with Gasteiger partial charge in [-0.05, 0) is 36.4 Å². The van der Waals surface area contributed by atoms with Gasteiger partial charge in [-0.1, -0.05) is 12.1 Å². The minimum absolute atomic E-state index is 0. The van der Waals surface area contributed by atoms with E-state index in [-0.39, 0.29) is 37.2 Å². The van der Waals surface area contributed by atoms with Gasteiger partial charge in [0.2, 0.25) is 0 Å². The Hall–Kier alpha value is -1.73. The van der Waals surface area contributed by atoms with Crippen LogP contribution in [0, 0.1) is 5.82 Å². The van der Waals surface area contributed by atoms with Crippen LogP contribution < -0.4 is 15.4 Å². The second-order valence-corrected chi connectivity index (χ2v) is 6.27. The molecule has 27 heavy (non-hydrogen) atoms. The molecule has 5 nitrogen and oxygen atoms in total. The van der Waals surface area contributed by atoms with Crippen molar-refractivity contribution >= 4 is 36.2 Å². The van der Waals surface area contributed by atoms with Gasteiger partial charge in [0, 0.05) is 38.4 Å². The number of ether oxygens (including phenoxy) is 1. The van der Waals surface area contributed by atoms with Crippen LogP contribution in [0.2, 0.25) is 0 Å². The highest BCUT2D eigenvalue weighted by Crippen LogP contribution is 2.20. The van der Waals surface area contributed by atoms with Gasteiger partial charge in [-0.2, -0.15) is 0 Å². The molecule has 0 radical (unpaired) electrons. The Bertz CT molecular complexity index is 683. The fourth-order valence-corrected chi connectivity index (χ4v) is 2.99. The van der Waals surface area contributed by atoms with Crippen LogP contribution in [-0.2, 0) is 0 Å². The summed E-state index contributed by atoms with van der Waals surface area (Å²) >= 11 is 0. The number of hydrogen-bond acceptors (Lipinski definition) is 5. The first-order chi connectivity index (χ1) is 12.1. The lowest BCUT2D eigenvalue weighted by Gasteiger charge is -2.36. The number of nitrogens with two attached hydrogens (primary N) is 1. The zero-order chi connectivity index (χ0) is 17.6. The number of hydrogen-bond donors (Lipinski definition) is 2. The number of rotatable bonds is 6. The molecule has 0 aromatic heterocycles. The van der Waals surface area contributed by atoms with E-state index in [0.29, 0.717) is 23.7 Å². The van der Waals surface area contributed by atoms with Crippen LogP contribution in [0.25, 0.3) is 0 Å². The summed E-state index contributed by atoms with van der Waals surface area (Å²) in [5, 5.41) is 10.2. The molecule has 1 heterocycles. The molecule has 1 saturated heterocycles. The van der Waals surface area contributed by atoms with Gasteiger partial charge < -0.3 is 20.5 Å². The van der Waals surface area contributed by atoms with E-state index in [1.807, 2.05) is 11.0 Å². The van der Waals surface area contributed by atoms with Gasteiger partial charge in [-0.15, -0.1) is 24.8 Å². The normalized spacial score (nSPS) is 15.4. The first-order valence-electron chi connectivity index (χ1n) is 8.50. The highest BCUT2D eigenvalue weighted by Gasteiger charge is 2.21. The van der Waals surface area contributed by atoms with Crippen LogP contribution in [-0.4, -0.2) is 55.4 Å². The first kappa shape index (κ1) is 23.3. The van der Waals surface area contributed by atoms with Crippen molar-refractivity contribution < 1.29 is 14.2 Å². The molecule has 8 heteroatoms. The number of nitrogen functional groups attached to an aromatic ring is 1. The number of aliphatic hydroxyl groups excluding tert-OH is 1. The number of aliphatic hydroxyl groups is 1. The van der Waals surface area contributed by atoms with E-state index in [4.69, 9.17) is 10.5 Å². The maximum atomic E-state index is 13.8. The molecule has 3 rings (SSSR count). The van der Waals surface area contributed by atoms with Crippen LogP contribution in [0.4, 0.5) is 15.8 Å². The van der Waals surface area contributed by atoms with Crippen molar-refractivity contribution in [2.24, 2.45) is 0 Å². The van der Waals surface area contributed by atoms with Gasteiger partial charge in [0.15, 0.2) is 0 Å². The van der Waals surface area contributed by atoms with Crippen LogP contribution in [0.5, 0.6) is 5.75 Å². The smallest absolute Gasteiger partial charge is 0.146 e. The summed E-state index contributed by atoms with van der Waals surface area (Å²) in [4.78, 5) is 4.22. The fraction of sp³-hybridized carbons (Fsp3) is 0.368. The molecule has 0 amide bonds. The molecule has 1 aliphatic rings. The molecule has 1 aliphatic heterocycles. The van der Waals surface area contributed by atoms with Gasteiger partial charge in [0.1, 0.15) is 24.3 Å². The van der Waals surface area contributed by atoms with Crippen molar-refractivity contribution in [3.05, 3.63) is 54.3 Å². The SMILES string of the molecule is Cl.Cl.Nc1ccc(OCC(O)CN2CCN(c3ccccc3F)CC2)cc1. The van der Waals surface area contributed by atoms with E-state index in [9.17, 15) is 9.50 Å². The monoisotopic (exact) mass is 417 g/mol. The molecule has 0 spiro atoms. The Balaban J connectivity index is 0.00000182. The molecule has 0 bridgehead atoms. The maximum Gasteiger partial charge on any atom is 0.146 e. The van der Waals surface area contributed by atoms with E-state index in [1.54, 1.807) is 36.4 Å². The minimum Gasteiger partial charge on any atom is -0.491 e. The minimum atomic E-state index is -0.572. The average Bonchev–Trinajstić information content (AvgIpc) is 2.62. The summed E-state index contributed by atoms with van der Waals surface area (Å²) in [5.41, 5.74) is 6.96. The lowest BCUT2D eigenvalue weighted by atomic mass is 10.2. The molecule has 2 aromatic carbocycles. The lowest BCUT2D eigenvalue weighted by molar-refractivity contribution is 0.0663. The molecule has 3 N–H and O–H groups in total. The van der Waals surface area contributed by atoms with Gasteiger partial charge in [0.05, 0.1) is 5.69 Å². The van der Waals surface area contributed by atoms with E-state index >= 15 is 0 Å². The molecular formula is C19H26Cl2FN3O2. The summed E-state index contributed by atoms with van der Waals surface area (Å²) in [6.45, 7) is 3.83. The molecule has 150 valence electrons. The predicted molar refractivity (Wildman–Crippen MR) is 112 cm³/mol. The van der Waals surface area contributed by atoms with Crippen molar-refractivity contribution in [2.45, 2.75) is 6.10 Å². The number of nitrogens with zero attached hydrogens (tertiary/aromatic N) is 2. The Morgan fingerprint density at radius 3 is 2.26 bits per heavy atom. The fourth-order valence-electron chi connectivity index (χ4n) is 2.99. The quantitative estimate of drug-likeness (QED) is 0.707. The Morgan fingerprint density at radius 1 is 1.00 bits per heavy atom. The van der Waals surface area contributed by atoms with Crippen molar-refractivity contribution in [1.29, 1.82) is 0 Å². The first-order valence-corrected chi connectivity index (χ1v) is 8.50. The summed E-state index contributed by atoms with van der Waals surface area (Å²) in [6, 6.07) is 14.0. The number of benzene rings is 2. The van der Waals surface area contributed by atoms with E-state index in [2.05, 4.69) is 4.90 Å². The van der Waals surface area contributed by atoms with Gasteiger partial charge in [0.25, 0.3) is 0 Å². The molecule has 2 aromatic rings. The van der Waals surface area contributed by atoms with Crippen molar-refractivity contribution in [3.63, 3.8) is 0 Å². The Kier molecular flexibility index (Phi) is 9.66. The molecular weight excluding hydrogens is 392 g/mol. The van der Waals surface area contributed by atoms with Crippen molar-refractivity contribution in [1.82, 2.24) is 4.90 Å². The number of halogens is 3. The van der Waals surface area contributed by atoms with Crippen molar-refractivity contribution in [2.75, 3.05) is 50.0 Å². The average molecular weight is 418 g/mol. The van der Waals surface area contributed by atoms with Gasteiger partial charge in [-0.25, -0.2) is 4.39 Å². The Labute approximate surface area is 171 Å². The van der Waals surface area contributed by atoms with Crippen LogP contribution in [0.3, 0.4) is 0 Å². The summed E-state index contributed by atoms with van der Waals surface area (Å²) in [6.07, 6.45) is -0.572. The standard InChI is InChI=1S/C19H24FN3O2.2ClH/c20-18-3-1-2-4-19(18)23-11-9-22(10-12-23)13-16(24)14-25-17-7-5-15(21)6-8-17;;/h1-8,16,24H,9-14,21H2;2*1H. The second kappa shape index (κ2) is 11.2. The zero-order valence-electron chi connectivity index (χ0n) is 15.0. The van der Waals surface area contributed by atoms with E-state index in [1.165, 1.54) is 6.07 Å². The second-order valence-electron chi connectivity index (χ2n) is 6.27. The number of para-hydroxylation sites is 1. The summed E-state index contributed by atoms with van der Waals surface area (Å²) in [5.74, 6) is 0.505. The van der Waals surface area contributed by atoms with E-state index in [0.717, 1.165) is 26.2 Å². The zero-order valence-corrected chi connectivity index (χ0v) is 16.6. The third kappa shape index (κ3) is 6.74. The number of β-amino-alcohol motifs (C(OH)–C–C–N with tert-alkyl or cyclic N) is 1. The summed E-state index contributed by atoms with van der Waals surface area (Å²) in [7, 11) is 0. The van der Waals surface area contributed by atoms with E-state index < -0.39 is 6.10 Å². The van der Waals surface area contributed by atoms with Gasteiger partial charge in [-0.3, -0.25) is 4.90 Å². The molecule has 1 atom stereocenters. The molecule has 0 aliphatic carbocycles. The number of piperazine rings is 1. The maximum absolute atomic E-state index is 13.8. The molecule has 1 fully saturated rings. The summed E-state index contributed by atoms with van der Waals surface area (Å²) < 4.78 is 19.4. The third-order valence-corrected chi connectivity index (χ3v) is 4.36. The van der Waals surface area contributed by atoms with Crippen molar-refractivity contribution in [3.8, 4) is 5.75 Å². The van der Waals surface area contributed by atoms with Gasteiger partial charge >= 0.3 is 0 Å². The topological polar surface area (TPSA) is 62.0 Å². The third-order valence-electron chi connectivity index (χ3n) is 4.36. The highest BCUT2D eigenvalue weighted by atomic mass is 35.5. The predicted octanol–water partition coefficient (Wildman–Crippen LogP) is 2.81. The van der Waals surface area contributed by atoms with Crippen LogP contribution >= 0.6 is 24.8 Å². The Morgan fingerprint density at radius 2 is 1.63 bits per heavy atom. The highest BCUT2D eigenvalue weighted by molar-refractivity contribution is 5.85. The largest absolute Gasteiger partial charge is 0.491 e. The van der Waals surface area contributed by atoms with Crippen LogP contribution in [0.15, 0.2) is 48.5 Å². The van der Waals surface area contributed by atoms with Crippen LogP contribution in [0.1, 0.15) is 0 Å². The molecule has 0 saturated carbocycles. The number of anilines is 2. The lowest BCUT2D eigenvalue weighted by Crippen LogP contribution is -2.49.